The van der Waals surface area contributed by atoms with Gasteiger partial charge in [-0.15, -0.1) is 0 Å². The number of amides is 1. The highest BCUT2D eigenvalue weighted by atomic mass is 16.5. The molecule has 1 amide bonds. The molecule has 3 aromatic rings. The van der Waals surface area contributed by atoms with Crippen molar-refractivity contribution in [3.63, 3.8) is 0 Å². The quantitative estimate of drug-likeness (QED) is 0.796. The number of aromatic nitrogens is 3. The summed E-state index contributed by atoms with van der Waals surface area (Å²) in [6.45, 7) is 3.44. The normalized spacial score (nSPS) is 15.4. The van der Waals surface area contributed by atoms with Crippen LogP contribution >= 0.6 is 0 Å². The van der Waals surface area contributed by atoms with Gasteiger partial charge in [0.2, 0.25) is 0 Å². The van der Waals surface area contributed by atoms with Crippen LogP contribution in [0.4, 0.5) is 5.69 Å². The summed E-state index contributed by atoms with van der Waals surface area (Å²) >= 11 is 0. The highest BCUT2D eigenvalue weighted by Crippen LogP contribution is 2.25. The molecule has 25 heavy (non-hydrogen) atoms. The lowest BCUT2D eigenvalue weighted by Crippen LogP contribution is -2.22. The fourth-order valence-corrected chi connectivity index (χ4v) is 3.37. The Hall–Kier alpha value is -2.73. The first-order valence-corrected chi connectivity index (χ1v) is 8.50. The molecule has 4 rings (SSSR count). The van der Waals surface area contributed by atoms with Crippen molar-refractivity contribution in [3.05, 3.63) is 54.1 Å². The summed E-state index contributed by atoms with van der Waals surface area (Å²) < 4.78 is 7.37. The molecule has 128 valence electrons. The number of nitrogens with zero attached hydrogens (tertiary/aromatic N) is 3. The second-order valence-corrected chi connectivity index (χ2v) is 6.29. The average molecular weight is 336 g/mol. The molecule has 0 atom stereocenters. The maximum atomic E-state index is 12.8. The monoisotopic (exact) mass is 336 g/mol. The van der Waals surface area contributed by atoms with Gasteiger partial charge in [0, 0.05) is 47.8 Å². The minimum Gasteiger partial charge on any atom is -0.381 e. The van der Waals surface area contributed by atoms with Gasteiger partial charge in [0.1, 0.15) is 0 Å². The number of fused-ring (bicyclic) bond motifs is 1. The van der Waals surface area contributed by atoms with E-state index in [4.69, 9.17) is 4.74 Å². The molecule has 0 radical (unpaired) electrons. The fraction of sp³-hybridized carbons (Fsp3) is 0.316. The third-order valence-corrected chi connectivity index (χ3v) is 4.75. The van der Waals surface area contributed by atoms with Gasteiger partial charge in [0.15, 0.2) is 0 Å². The Morgan fingerprint density at radius 1 is 1.24 bits per heavy atom. The van der Waals surface area contributed by atoms with E-state index in [1.54, 1.807) is 18.6 Å². The van der Waals surface area contributed by atoms with Crippen molar-refractivity contribution in [2.75, 3.05) is 18.5 Å². The van der Waals surface area contributed by atoms with Gasteiger partial charge >= 0.3 is 0 Å². The predicted octanol–water partition coefficient (Wildman–Crippen LogP) is 3.34. The summed E-state index contributed by atoms with van der Waals surface area (Å²) in [6.07, 6.45) is 7.04. The van der Waals surface area contributed by atoms with E-state index in [9.17, 15) is 4.79 Å². The third kappa shape index (κ3) is 3.00. The second kappa shape index (κ2) is 6.64. The van der Waals surface area contributed by atoms with Crippen LogP contribution < -0.4 is 5.32 Å². The summed E-state index contributed by atoms with van der Waals surface area (Å²) in [7, 11) is 0. The zero-order valence-electron chi connectivity index (χ0n) is 14.1. The average Bonchev–Trinajstić information content (AvgIpc) is 3.04. The van der Waals surface area contributed by atoms with Crippen molar-refractivity contribution in [2.24, 2.45) is 0 Å². The molecule has 1 fully saturated rings. The van der Waals surface area contributed by atoms with Crippen LogP contribution in [0.2, 0.25) is 0 Å². The zero-order valence-corrected chi connectivity index (χ0v) is 14.1. The van der Waals surface area contributed by atoms with E-state index in [2.05, 4.69) is 15.4 Å². The molecule has 1 aliphatic rings. The predicted molar refractivity (Wildman–Crippen MR) is 95.8 cm³/mol. The number of benzene rings is 1. The van der Waals surface area contributed by atoms with E-state index in [0.29, 0.717) is 11.6 Å². The lowest BCUT2D eigenvalue weighted by atomic mass is 10.1. The number of carbonyl (C=O) groups excluding carboxylic acids is 1. The Kier molecular flexibility index (Phi) is 4.19. The largest absolute Gasteiger partial charge is 0.381 e. The third-order valence-electron chi connectivity index (χ3n) is 4.75. The Morgan fingerprint density at radius 2 is 2.08 bits per heavy atom. The highest BCUT2D eigenvalue weighted by Gasteiger charge is 2.22. The van der Waals surface area contributed by atoms with Gasteiger partial charge in [-0.3, -0.25) is 14.5 Å². The smallest absolute Gasteiger partial charge is 0.259 e. The summed E-state index contributed by atoms with van der Waals surface area (Å²) in [6, 6.07) is 8.01. The molecule has 0 spiro atoms. The summed E-state index contributed by atoms with van der Waals surface area (Å²) in [5.41, 5.74) is 2.28. The Bertz CT molecular complexity index is 907. The van der Waals surface area contributed by atoms with Crippen LogP contribution in [-0.2, 0) is 4.74 Å². The maximum absolute atomic E-state index is 12.8. The van der Waals surface area contributed by atoms with Crippen molar-refractivity contribution >= 4 is 22.4 Å². The van der Waals surface area contributed by atoms with Crippen LogP contribution in [0.1, 0.15) is 34.9 Å². The number of anilines is 1. The topological polar surface area (TPSA) is 69.0 Å². The molecule has 1 aliphatic heterocycles. The van der Waals surface area contributed by atoms with Gasteiger partial charge in [-0.2, -0.15) is 5.10 Å². The summed E-state index contributed by atoms with van der Waals surface area (Å²) in [5.74, 6) is -0.139. The van der Waals surface area contributed by atoms with E-state index in [0.717, 1.165) is 48.2 Å². The highest BCUT2D eigenvalue weighted by molar-refractivity contribution is 6.09. The number of hydrogen-bond acceptors (Lipinski definition) is 4. The lowest BCUT2D eigenvalue weighted by Gasteiger charge is -2.23. The van der Waals surface area contributed by atoms with E-state index >= 15 is 0 Å². The minimum absolute atomic E-state index is 0.139. The molecule has 0 bridgehead atoms. The zero-order chi connectivity index (χ0) is 17.2. The Labute approximate surface area is 145 Å². The van der Waals surface area contributed by atoms with Crippen LogP contribution in [0.15, 0.2) is 42.9 Å². The molecule has 6 heteroatoms. The van der Waals surface area contributed by atoms with Crippen LogP contribution in [-0.4, -0.2) is 33.9 Å². The molecule has 0 saturated carbocycles. The van der Waals surface area contributed by atoms with Crippen molar-refractivity contribution in [1.29, 1.82) is 0 Å². The van der Waals surface area contributed by atoms with E-state index in [1.165, 1.54) is 0 Å². The van der Waals surface area contributed by atoms with Gasteiger partial charge in [0.25, 0.3) is 5.91 Å². The van der Waals surface area contributed by atoms with Gasteiger partial charge < -0.3 is 10.1 Å². The maximum Gasteiger partial charge on any atom is 0.259 e. The van der Waals surface area contributed by atoms with Crippen molar-refractivity contribution < 1.29 is 9.53 Å². The van der Waals surface area contributed by atoms with Crippen LogP contribution in [0.25, 0.3) is 10.8 Å². The number of hydrogen-bond donors (Lipinski definition) is 1. The van der Waals surface area contributed by atoms with Crippen molar-refractivity contribution in [3.8, 4) is 0 Å². The molecule has 3 heterocycles. The molecule has 0 unspecified atom stereocenters. The van der Waals surface area contributed by atoms with Crippen LogP contribution in [0, 0.1) is 6.92 Å². The standard InChI is InChI=1S/C19H20N4O2/c1-13-17(12-21-23(13)15-6-9-25-10-7-15)19(24)22-18-4-2-3-14-11-20-8-5-16(14)18/h2-5,8,11-12,15H,6-7,9-10H2,1H3,(H,22,24). The van der Waals surface area contributed by atoms with E-state index < -0.39 is 0 Å². The summed E-state index contributed by atoms with van der Waals surface area (Å²) in [5, 5.41) is 9.44. The Balaban J connectivity index is 1.60. The molecular weight excluding hydrogens is 316 g/mol. The lowest BCUT2D eigenvalue weighted by molar-refractivity contribution is 0.0656. The van der Waals surface area contributed by atoms with Gasteiger partial charge in [-0.25, -0.2) is 0 Å². The molecule has 6 nitrogen and oxygen atoms in total. The summed E-state index contributed by atoms with van der Waals surface area (Å²) in [4.78, 5) is 16.9. The molecular formula is C19H20N4O2. The number of pyridine rings is 1. The molecule has 1 aromatic carbocycles. The minimum atomic E-state index is -0.139. The molecule has 1 saturated heterocycles. The van der Waals surface area contributed by atoms with Gasteiger partial charge in [-0.1, -0.05) is 12.1 Å². The number of rotatable bonds is 3. The Morgan fingerprint density at radius 3 is 2.92 bits per heavy atom. The molecule has 2 aromatic heterocycles. The second-order valence-electron chi connectivity index (χ2n) is 6.29. The number of carbonyl (C=O) groups is 1. The van der Waals surface area contributed by atoms with Crippen LogP contribution in [0.5, 0.6) is 0 Å². The first-order chi connectivity index (χ1) is 12.2. The SMILES string of the molecule is Cc1c(C(=O)Nc2cccc3cnccc23)cnn1C1CCOCC1. The van der Waals surface area contributed by atoms with Crippen molar-refractivity contribution in [1.82, 2.24) is 14.8 Å². The fourth-order valence-electron chi connectivity index (χ4n) is 3.37. The number of nitrogens with one attached hydrogen (secondary N) is 1. The molecule has 0 aliphatic carbocycles. The van der Waals surface area contributed by atoms with Gasteiger partial charge in [-0.05, 0) is 31.9 Å². The first-order valence-electron chi connectivity index (χ1n) is 8.50. The van der Waals surface area contributed by atoms with Gasteiger partial charge in [0.05, 0.1) is 17.8 Å². The number of ether oxygens (including phenoxy) is 1. The van der Waals surface area contributed by atoms with E-state index in [-0.39, 0.29) is 5.91 Å². The van der Waals surface area contributed by atoms with E-state index in [1.807, 2.05) is 35.9 Å². The first kappa shape index (κ1) is 15.8. The van der Waals surface area contributed by atoms with Crippen molar-refractivity contribution in [2.45, 2.75) is 25.8 Å². The van der Waals surface area contributed by atoms with Crippen LogP contribution in [0.3, 0.4) is 0 Å². The molecule has 1 N–H and O–H groups in total.